The molecular formula is C10H11N5OS. The smallest absolute Gasteiger partial charge is 0.265 e. The fourth-order valence-electron chi connectivity index (χ4n) is 1.30. The predicted molar refractivity (Wildman–Crippen MR) is 64.0 cm³/mol. The molecule has 0 bridgehead atoms. The molecule has 1 aromatic heterocycles. The van der Waals surface area contributed by atoms with Gasteiger partial charge in [-0.15, -0.1) is 0 Å². The number of hydrazine groups is 1. The molecule has 0 aliphatic heterocycles. The number of hydrogen-bond donors (Lipinski definition) is 3. The summed E-state index contributed by atoms with van der Waals surface area (Å²) in [6, 6.07) is 7.27. The predicted octanol–water partition coefficient (Wildman–Crippen LogP) is 0.700. The zero-order valence-corrected chi connectivity index (χ0v) is 9.70. The van der Waals surface area contributed by atoms with Gasteiger partial charge in [0, 0.05) is 11.3 Å². The van der Waals surface area contributed by atoms with Crippen molar-refractivity contribution in [1.29, 1.82) is 0 Å². The molecule has 1 heterocycles. The topological polar surface area (TPSA) is 96.7 Å². The number of nitrogen functional groups attached to an aromatic ring is 1. The number of hydrogen-bond acceptors (Lipinski definition) is 5. The number of nitrogens with zero attached hydrogens (tertiary/aromatic N) is 2. The van der Waals surface area contributed by atoms with Crippen LogP contribution in [0.15, 0.2) is 35.7 Å². The molecule has 0 saturated heterocycles. The van der Waals surface area contributed by atoms with E-state index >= 15 is 0 Å². The summed E-state index contributed by atoms with van der Waals surface area (Å²) in [6.45, 7) is 0. The third-order valence-corrected chi connectivity index (χ3v) is 3.04. The van der Waals surface area contributed by atoms with Gasteiger partial charge in [-0.2, -0.15) is 5.10 Å². The molecule has 88 valence electrons. The van der Waals surface area contributed by atoms with Gasteiger partial charge in [-0.05, 0) is 17.7 Å². The van der Waals surface area contributed by atoms with Gasteiger partial charge < -0.3 is 0 Å². The number of aromatic amines is 1. The Kier molecular flexibility index (Phi) is 3.73. The summed E-state index contributed by atoms with van der Waals surface area (Å²) in [5, 5.41) is 7.26. The number of carbonyl (C=O) groups excluding carboxylic acids is 1. The second-order valence-corrected chi connectivity index (χ2v) is 4.22. The number of rotatable bonds is 4. The van der Waals surface area contributed by atoms with Crippen molar-refractivity contribution in [3.8, 4) is 0 Å². The van der Waals surface area contributed by atoms with Crippen molar-refractivity contribution in [2.24, 2.45) is 5.84 Å². The molecule has 0 atom stereocenters. The molecule has 0 fully saturated rings. The highest BCUT2D eigenvalue weighted by Gasteiger charge is 2.04. The first kappa shape index (κ1) is 11.6. The van der Waals surface area contributed by atoms with Gasteiger partial charge in [0.05, 0.1) is 0 Å². The fraction of sp³-hybridized carbons (Fsp3) is 0.100. The van der Waals surface area contributed by atoms with Crippen LogP contribution in [0.25, 0.3) is 0 Å². The Morgan fingerprint density at radius 1 is 1.53 bits per heavy atom. The van der Waals surface area contributed by atoms with E-state index in [0.717, 1.165) is 10.7 Å². The third kappa shape index (κ3) is 3.05. The van der Waals surface area contributed by atoms with Crippen LogP contribution in [-0.2, 0) is 5.75 Å². The number of amides is 1. The molecule has 2 aromatic rings. The molecule has 0 radical (unpaired) electrons. The number of nitrogens with two attached hydrogens (primary N) is 1. The van der Waals surface area contributed by atoms with Crippen molar-refractivity contribution in [3.63, 3.8) is 0 Å². The van der Waals surface area contributed by atoms with Crippen LogP contribution in [0.1, 0.15) is 15.9 Å². The van der Waals surface area contributed by atoms with E-state index in [4.69, 9.17) is 5.84 Å². The maximum absolute atomic E-state index is 11.3. The Balaban J connectivity index is 2.03. The Morgan fingerprint density at radius 3 is 3.12 bits per heavy atom. The van der Waals surface area contributed by atoms with Crippen LogP contribution in [0.4, 0.5) is 0 Å². The number of nitrogens with one attached hydrogen (secondary N) is 2. The van der Waals surface area contributed by atoms with Crippen LogP contribution >= 0.6 is 11.8 Å². The minimum absolute atomic E-state index is 0.295. The van der Waals surface area contributed by atoms with Crippen LogP contribution in [0.3, 0.4) is 0 Å². The standard InChI is InChI=1S/C10H11N5OS/c11-14-9(16)8-3-1-2-7(4-8)5-17-10-12-6-13-15-10/h1-4,6H,5,11H2,(H,14,16)(H,12,13,15). The Bertz CT molecular complexity index is 499. The lowest BCUT2D eigenvalue weighted by Gasteiger charge is -2.03. The van der Waals surface area contributed by atoms with Crippen molar-refractivity contribution in [1.82, 2.24) is 20.6 Å². The van der Waals surface area contributed by atoms with Crippen molar-refractivity contribution < 1.29 is 4.79 Å². The van der Waals surface area contributed by atoms with Crippen molar-refractivity contribution >= 4 is 17.7 Å². The van der Waals surface area contributed by atoms with Gasteiger partial charge in [-0.25, -0.2) is 10.8 Å². The van der Waals surface area contributed by atoms with E-state index in [2.05, 4.69) is 20.6 Å². The lowest BCUT2D eigenvalue weighted by Crippen LogP contribution is -2.29. The van der Waals surface area contributed by atoms with Crippen LogP contribution in [0.2, 0.25) is 0 Å². The zero-order valence-electron chi connectivity index (χ0n) is 8.88. The molecule has 17 heavy (non-hydrogen) atoms. The van der Waals surface area contributed by atoms with Gasteiger partial charge in [0.15, 0.2) is 5.16 Å². The summed E-state index contributed by atoms with van der Waals surface area (Å²) in [5.41, 5.74) is 3.67. The van der Waals surface area contributed by atoms with Crippen LogP contribution < -0.4 is 11.3 Å². The van der Waals surface area contributed by atoms with Gasteiger partial charge in [0.2, 0.25) is 0 Å². The highest BCUT2D eigenvalue weighted by molar-refractivity contribution is 7.98. The number of H-pyrrole nitrogens is 1. The molecule has 7 heteroatoms. The second-order valence-electron chi connectivity index (χ2n) is 3.25. The first-order valence-electron chi connectivity index (χ1n) is 4.87. The van der Waals surface area contributed by atoms with E-state index in [-0.39, 0.29) is 5.91 Å². The van der Waals surface area contributed by atoms with Crippen LogP contribution in [0.5, 0.6) is 0 Å². The summed E-state index contributed by atoms with van der Waals surface area (Å²) in [5.74, 6) is 5.49. The van der Waals surface area contributed by atoms with Crippen LogP contribution in [0, 0.1) is 0 Å². The van der Waals surface area contributed by atoms with Crippen LogP contribution in [-0.4, -0.2) is 21.1 Å². The maximum Gasteiger partial charge on any atom is 0.265 e. The molecule has 0 aliphatic carbocycles. The zero-order chi connectivity index (χ0) is 12.1. The molecule has 0 spiro atoms. The van der Waals surface area contributed by atoms with Crippen molar-refractivity contribution in [2.75, 3.05) is 0 Å². The largest absolute Gasteiger partial charge is 0.290 e. The summed E-state index contributed by atoms with van der Waals surface area (Å²) in [4.78, 5) is 15.3. The molecular weight excluding hydrogens is 238 g/mol. The highest BCUT2D eigenvalue weighted by Crippen LogP contribution is 2.18. The normalized spacial score (nSPS) is 10.2. The summed E-state index contributed by atoms with van der Waals surface area (Å²) in [7, 11) is 0. The van der Waals surface area contributed by atoms with E-state index in [9.17, 15) is 4.79 Å². The lowest BCUT2D eigenvalue weighted by atomic mass is 10.1. The average Bonchev–Trinajstić information content (AvgIpc) is 2.89. The van der Waals surface area contributed by atoms with Gasteiger partial charge in [-0.3, -0.25) is 15.3 Å². The highest BCUT2D eigenvalue weighted by atomic mass is 32.2. The molecule has 2 rings (SSSR count). The number of thioether (sulfide) groups is 1. The van der Waals surface area contributed by atoms with Gasteiger partial charge in [-0.1, -0.05) is 23.9 Å². The Morgan fingerprint density at radius 2 is 2.41 bits per heavy atom. The molecule has 6 nitrogen and oxygen atoms in total. The van der Waals surface area contributed by atoms with Gasteiger partial charge >= 0.3 is 0 Å². The maximum atomic E-state index is 11.3. The van der Waals surface area contributed by atoms with E-state index < -0.39 is 0 Å². The van der Waals surface area contributed by atoms with Gasteiger partial charge in [0.25, 0.3) is 5.91 Å². The van der Waals surface area contributed by atoms with E-state index in [0.29, 0.717) is 11.3 Å². The van der Waals surface area contributed by atoms with Gasteiger partial charge in [0.1, 0.15) is 6.33 Å². The summed E-state index contributed by atoms with van der Waals surface area (Å²) >= 11 is 1.52. The molecule has 0 aliphatic rings. The average molecular weight is 249 g/mol. The number of aromatic nitrogens is 3. The monoisotopic (exact) mass is 249 g/mol. The lowest BCUT2D eigenvalue weighted by molar-refractivity contribution is 0.0953. The second kappa shape index (κ2) is 5.46. The minimum atomic E-state index is -0.295. The van der Waals surface area contributed by atoms with E-state index in [1.807, 2.05) is 12.1 Å². The fourth-order valence-corrected chi connectivity index (χ4v) is 2.02. The molecule has 1 aromatic carbocycles. The molecule has 1 amide bonds. The van der Waals surface area contributed by atoms with E-state index in [1.165, 1.54) is 18.1 Å². The first-order valence-corrected chi connectivity index (χ1v) is 5.86. The molecule has 0 unspecified atom stereocenters. The Hall–Kier alpha value is -1.86. The SMILES string of the molecule is NNC(=O)c1cccc(CSc2ncn[nH]2)c1. The van der Waals surface area contributed by atoms with Crippen molar-refractivity contribution in [3.05, 3.63) is 41.7 Å². The quantitative estimate of drug-likeness (QED) is 0.321. The van der Waals surface area contributed by atoms with Crippen molar-refractivity contribution in [2.45, 2.75) is 10.9 Å². The third-order valence-electron chi connectivity index (χ3n) is 2.09. The molecule has 4 N–H and O–H groups in total. The number of benzene rings is 1. The minimum Gasteiger partial charge on any atom is -0.290 e. The first-order chi connectivity index (χ1) is 8.29. The summed E-state index contributed by atoms with van der Waals surface area (Å²) in [6.07, 6.45) is 1.46. The number of carbonyl (C=O) groups is 1. The van der Waals surface area contributed by atoms with E-state index in [1.54, 1.807) is 12.1 Å². The summed E-state index contributed by atoms with van der Waals surface area (Å²) < 4.78 is 0. The molecule has 0 saturated carbocycles. The Labute approximate surface area is 102 Å².